The Bertz CT molecular complexity index is 652. The van der Waals surface area contributed by atoms with Crippen molar-refractivity contribution in [1.29, 1.82) is 0 Å². The molecule has 1 fully saturated rings. The Morgan fingerprint density at radius 3 is 2.71 bits per heavy atom. The van der Waals surface area contributed by atoms with Crippen LogP contribution in [0.4, 0.5) is 5.69 Å². The summed E-state index contributed by atoms with van der Waals surface area (Å²) in [6, 6.07) is 8.25. The molecule has 6 nitrogen and oxygen atoms in total. The summed E-state index contributed by atoms with van der Waals surface area (Å²) in [5.41, 5.74) is 2.64. The topological polar surface area (TPSA) is 58.6 Å². The molecule has 0 radical (unpaired) electrons. The van der Waals surface area contributed by atoms with Crippen LogP contribution in [0.15, 0.2) is 30.5 Å². The standard InChI is InChI=1S/C17H22N4O2S/c1-20(2)14-7-5-13(6-8-14)11-21(12-15-4-3-9-23-15)17(22)16-10-18-24-19-16/h5-8,10,15H,3-4,9,11-12H2,1-2H3/t15-/m1/s1. The molecule has 1 amide bonds. The molecule has 0 saturated carbocycles. The predicted molar refractivity (Wildman–Crippen MR) is 94.4 cm³/mol. The lowest BCUT2D eigenvalue weighted by Gasteiger charge is -2.25. The monoisotopic (exact) mass is 346 g/mol. The van der Waals surface area contributed by atoms with Crippen molar-refractivity contribution >= 4 is 23.3 Å². The average Bonchev–Trinajstić information content (AvgIpc) is 3.28. The summed E-state index contributed by atoms with van der Waals surface area (Å²) in [6.45, 7) is 1.91. The Morgan fingerprint density at radius 2 is 2.12 bits per heavy atom. The van der Waals surface area contributed by atoms with Crippen molar-refractivity contribution in [3.8, 4) is 0 Å². The number of hydrogen-bond acceptors (Lipinski definition) is 6. The van der Waals surface area contributed by atoms with Gasteiger partial charge in [-0.2, -0.15) is 8.75 Å². The molecule has 128 valence electrons. The minimum Gasteiger partial charge on any atom is -0.378 e. The van der Waals surface area contributed by atoms with Crippen molar-refractivity contribution in [3.05, 3.63) is 41.7 Å². The molecule has 0 N–H and O–H groups in total. The number of nitrogens with zero attached hydrogens (tertiary/aromatic N) is 4. The van der Waals surface area contributed by atoms with E-state index in [1.807, 2.05) is 19.0 Å². The van der Waals surface area contributed by atoms with Crippen LogP contribution in [0.25, 0.3) is 0 Å². The molecule has 1 aliphatic heterocycles. The van der Waals surface area contributed by atoms with Crippen molar-refractivity contribution in [3.63, 3.8) is 0 Å². The third kappa shape index (κ3) is 4.10. The number of anilines is 1. The van der Waals surface area contributed by atoms with Gasteiger partial charge >= 0.3 is 0 Å². The number of carbonyl (C=O) groups is 1. The molecule has 0 aliphatic carbocycles. The van der Waals surface area contributed by atoms with Gasteiger partial charge in [0.2, 0.25) is 0 Å². The Kier molecular flexibility index (Phi) is 5.42. The van der Waals surface area contributed by atoms with Gasteiger partial charge in [-0.1, -0.05) is 12.1 Å². The van der Waals surface area contributed by atoms with Crippen LogP contribution >= 0.6 is 11.7 Å². The molecule has 1 aromatic carbocycles. The van der Waals surface area contributed by atoms with Crippen molar-refractivity contribution < 1.29 is 9.53 Å². The molecule has 0 unspecified atom stereocenters. The predicted octanol–water partition coefficient (Wildman–Crippen LogP) is 2.43. The summed E-state index contributed by atoms with van der Waals surface area (Å²) in [4.78, 5) is 16.6. The molecule has 2 aromatic rings. The van der Waals surface area contributed by atoms with E-state index >= 15 is 0 Å². The maximum atomic E-state index is 12.7. The van der Waals surface area contributed by atoms with E-state index in [1.54, 1.807) is 0 Å². The highest BCUT2D eigenvalue weighted by molar-refractivity contribution is 6.99. The fourth-order valence-electron chi connectivity index (χ4n) is 2.79. The highest BCUT2D eigenvalue weighted by Crippen LogP contribution is 2.18. The summed E-state index contributed by atoms with van der Waals surface area (Å²) in [5.74, 6) is -0.0871. The van der Waals surface area contributed by atoms with E-state index in [0.29, 0.717) is 18.8 Å². The highest BCUT2D eigenvalue weighted by Gasteiger charge is 2.25. The molecular weight excluding hydrogens is 324 g/mol. The number of amides is 1. The van der Waals surface area contributed by atoms with Gasteiger partial charge in [0.25, 0.3) is 5.91 Å². The number of rotatable bonds is 6. The van der Waals surface area contributed by atoms with E-state index in [9.17, 15) is 4.79 Å². The molecule has 1 aliphatic rings. The lowest BCUT2D eigenvalue weighted by atomic mass is 10.1. The maximum absolute atomic E-state index is 12.7. The number of ether oxygens (including phenoxy) is 1. The molecule has 7 heteroatoms. The van der Waals surface area contributed by atoms with E-state index < -0.39 is 0 Å². The van der Waals surface area contributed by atoms with E-state index in [1.165, 1.54) is 6.20 Å². The van der Waals surface area contributed by atoms with Gasteiger partial charge in [0, 0.05) is 39.5 Å². The first-order chi connectivity index (χ1) is 11.6. The van der Waals surface area contributed by atoms with E-state index in [4.69, 9.17) is 4.74 Å². The van der Waals surface area contributed by atoms with Crippen LogP contribution in [0.5, 0.6) is 0 Å². The van der Waals surface area contributed by atoms with Gasteiger partial charge in [-0.05, 0) is 30.5 Å². The molecule has 1 aromatic heterocycles. The van der Waals surface area contributed by atoms with E-state index in [-0.39, 0.29) is 12.0 Å². The summed E-state index contributed by atoms with van der Waals surface area (Å²) >= 11 is 1.06. The molecule has 1 saturated heterocycles. The SMILES string of the molecule is CN(C)c1ccc(CN(C[C@H]2CCCO2)C(=O)c2cnsn2)cc1. The van der Waals surface area contributed by atoms with Gasteiger partial charge in [0.15, 0.2) is 5.69 Å². The fraction of sp³-hybridized carbons (Fsp3) is 0.471. The first kappa shape index (κ1) is 16.9. The normalized spacial score (nSPS) is 17.0. The van der Waals surface area contributed by atoms with Gasteiger partial charge in [-0.15, -0.1) is 0 Å². The summed E-state index contributed by atoms with van der Waals surface area (Å²) in [6.07, 6.45) is 3.70. The number of hydrogen-bond donors (Lipinski definition) is 0. The molecule has 1 atom stereocenters. The second-order valence-corrected chi connectivity index (χ2v) is 6.73. The van der Waals surface area contributed by atoms with Crippen molar-refractivity contribution in [2.24, 2.45) is 0 Å². The van der Waals surface area contributed by atoms with Crippen molar-refractivity contribution in [2.75, 3.05) is 32.1 Å². The summed E-state index contributed by atoms with van der Waals surface area (Å²) < 4.78 is 13.7. The molecule has 2 heterocycles. The summed E-state index contributed by atoms with van der Waals surface area (Å²) in [5, 5.41) is 0. The average molecular weight is 346 g/mol. The second kappa shape index (κ2) is 7.72. The zero-order valence-electron chi connectivity index (χ0n) is 14.0. The summed E-state index contributed by atoms with van der Waals surface area (Å²) in [7, 11) is 4.02. The minimum atomic E-state index is -0.0871. The smallest absolute Gasteiger partial charge is 0.275 e. The quantitative estimate of drug-likeness (QED) is 0.804. The van der Waals surface area contributed by atoms with Crippen LogP contribution < -0.4 is 4.90 Å². The Balaban J connectivity index is 1.74. The van der Waals surface area contributed by atoms with Gasteiger partial charge in [0.05, 0.1) is 24.0 Å². The second-order valence-electron chi connectivity index (χ2n) is 6.17. The lowest BCUT2D eigenvalue weighted by Crippen LogP contribution is -2.37. The molecule has 24 heavy (non-hydrogen) atoms. The van der Waals surface area contributed by atoms with E-state index in [2.05, 4.69) is 37.9 Å². The first-order valence-corrected chi connectivity index (χ1v) is 8.81. The molecule has 0 bridgehead atoms. The van der Waals surface area contributed by atoms with Crippen LogP contribution in [0.3, 0.4) is 0 Å². The number of aromatic nitrogens is 2. The first-order valence-electron chi connectivity index (χ1n) is 8.08. The zero-order chi connectivity index (χ0) is 16.9. The largest absolute Gasteiger partial charge is 0.378 e. The van der Waals surface area contributed by atoms with Crippen LogP contribution in [0.2, 0.25) is 0 Å². The maximum Gasteiger partial charge on any atom is 0.275 e. The van der Waals surface area contributed by atoms with Gasteiger partial charge in [0.1, 0.15) is 0 Å². The Labute approximate surface area is 146 Å². The lowest BCUT2D eigenvalue weighted by molar-refractivity contribution is 0.0503. The van der Waals surface area contributed by atoms with Crippen LogP contribution in [-0.4, -0.2) is 52.9 Å². The van der Waals surface area contributed by atoms with Gasteiger partial charge in [-0.3, -0.25) is 4.79 Å². The van der Waals surface area contributed by atoms with Crippen LogP contribution in [-0.2, 0) is 11.3 Å². The third-order valence-electron chi connectivity index (χ3n) is 4.14. The molecule has 3 rings (SSSR count). The third-order valence-corrected chi connectivity index (χ3v) is 4.62. The minimum absolute atomic E-state index is 0.0871. The van der Waals surface area contributed by atoms with Crippen LogP contribution in [0.1, 0.15) is 28.9 Å². The Morgan fingerprint density at radius 1 is 1.33 bits per heavy atom. The van der Waals surface area contributed by atoms with Gasteiger partial charge in [-0.25, -0.2) is 0 Å². The van der Waals surface area contributed by atoms with Crippen molar-refractivity contribution in [2.45, 2.75) is 25.5 Å². The number of benzene rings is 1. The van der Waals surface area contributed by atoms with Crippen molar-refractivity contribution in [1.82, 2.24) is 13.6 Å². The zero-order valence-corrected chi connectivity index (χ0v) is 14.8. The van der Waals surface area contributed by atoms with Gasteiger partial charge < -0.3 is 14.5 Å². The molecule has 0 spiro atoms. The Hall–Kier alpha value is -1.99. The number of carbonyl (C=O) groups excluding carboxylic acids is 1. The molecular formula is C17H22N4O2S. The van der Waals surface area contributed by atoms with Crippen LogP contribution in [0, 0.1) is 0 Å². The highest BCUT2D eigenvalue weighted by atomic mass is 32.1. The van der Waals surface area contributed by atoms with E-state index in [0.717, 1.165) is 42.4 Å². The fourth-order valence-corrected chi connectivity index (χ4v) is 3.20.